The molecule has 0 aromatic heterocycles. The summed E-state index contributed by atoms with van der Waals surface area (Å²) in [5.41, 5.74) is 2.68. The predicted molar refractivity (Wildman–Crippen MR) is 108 cm³/mol. The number of methoxy groups -OCH3 is 1. The number of nitrogens with one attached hydrogen (secondary N) is 2. The molecule has 1 fully saturated rings. The highest BCUT2D eigenvalue weighted by atomic mass is 16.5. The SMILES string of the molecule is COC(=O)c1ccc(NC(=O)CC(=O)Nc2ccc(N3CCCC3)cc2)cc1. The van der Waals surface area contributed by atoms with Crippen LogP contribution in [0.25, 0.3) is 0 Å². The zero-order valence-corrected chi connectivity index (χ0v) is 15.7. The van der Waals surface area contributed by atoms with Crippen molar-refractivity contribution in [3.05, 3.63) is 54.1 Å². The summed E-state index contributed by atoms with van der Waals surface area (Å²) >= 11 is 0. The van der Waals surface area contributed by atoms with Crippen LogP contribution >= 0.6 is 0 Å². The third kappa shape index (κ3) is 5.09. The van der Waals surface area contributed by atoms with E-state index in [0.29, 0.717) is 16.9 Å². The molecule has 2 N–H and O–H groups in total. The Morgan fingerprint density at radius 2 is 1.36 bits per heavy atom. The van der Waals surface area contributed by atoms with Crippen molar-refractivity contribution in [1.29, 1.82) is 0 Å². The van der Waals surface area contributed by atoms with Crippen LogP contribution in [-0.2, 0) is 14.3 Å². The topological polar surface area (TPSA) is 87.7 Å². The molecule has 1 heterocycles. The Hall–Kier alpha value is -3.35. The van der Waals surface area contributed by atoms with Crippen LogP contribution in [0, 0.1) is 0 Å². The second-order valence-corrected chi connectivity index (χ2v) is 6.58. The number of amides is 2. The molecule has 0 atom stereocenters. The number of carbonyl (C=O) groups excluding carboxylic acids is 3. The molecule has 0 bridgehead atoms. The Morgan fingerprint density at radius 1 is 0.857 bits per heavy atom. The standard InChI is InChI=1S/C21H23N3O4/c1-28-21(27)15-4-6-16(7-5-15)22-19(25)14-20(26)23-17-8-10-18(11-9-17)24-12-2-3-13-24/h4-11H,2-3,12-14H2,1H3,(H,22,25)(H,23,26). The van der Waals surface area contributed by atoms with E-state index in [1.807, 2.05) is 24.3 Å². The van der Waals surface area contributed by atoms with Crippen molar-refractivity contribution in [2.45, 2.75) is 19.3 Å². The van der Waals surface area contributed by atoms with Crippen molar-refractivity contribution in [2.24, 2.45) is 0 Å². The first-order valence-corrected chi connectivity index (χ1v) is 9.18. The van der Waals surface area contributed by atoms with Crippen molar-refractivity contribution >= 4 is 34.8 Å². The Labute approximate surface area is 163 Å². The van der Waals surface area contributed by atoms with Crippen LogP contribution in [0.4, 0.5) is 17.1 Å². The van der Waals surface area contributed by atoms with Crippen LogP contribution in [0.1, 0.15) is 29.6 Å². The average Bonchev–Trinajstić information content (AvgIpc) is 3.23. The molecule has 2 aromatic rings. The molecule has 146 valence electrons. The maximum absolute atomic E-state index is 12.1. The van der Waals surface area contributed by atoms with E-state index in [0.717, 1.165) is 18.8 Å². The highest BCUT2D eigenvalue weighted by Crippen LogP contribution is 2.22. The molecule has 0 saturated carbocycles. The molecule has 1 aliphatic rings. The fraction of sp³-hybridized carbons (Fsp3) is 0.286. The predicted octanol–water partition coefficient (Wildman–Crippen LogP) is 3.04. The van der Waals surface area contributed by atoms with Crippen molar-refractivity contribution in [3.8, 4) is 0 Å². The minimum atomic E-state index is -0.451. The van der Waals surface area contributed by atoms with E-state index in [9.17, 15) is 14.4 Å². The lowest BCUT2D eigenvalue weighted by Crippen LogP contribution is -2.21. The number of carbonyl (C=O) groups is 3. The van der Waals surface area contributed by atoms with Gasteiger partial charge in [0.25, 0.3) is 0 Å². The van der Waals surface area contributed by atoms with Gasteiger partial charge in [-0.25, -0.2) is 4.79 Å². The fourth-order valence-electron chi connectivity index (χ4n) is 3.09. The first kappa shape index (κ1) is 19.4. The zero-order chi connectivity index (χ0) is 19.9. The van der Waals surface area contributed by atoms with Gasteiger partial charge >= 0.3 is 5.97 Å². The third-order valence-corrected chi connectivity index (χ3v) is 4.53. The largest absolute Gasteiger partial charge is 0.465 e. The smallest absolute Gasteiger partial charge is 0.337 e. The van der Waals surface area contributed by atoms with Gasteiger partial charge in [0, 0.05) is 30.2 Å². The van der Waals surface area contributed by atoms with Gasteiger partial charge < -0.3 is 20.3 Å². The summed E-state index contributed by atoms with van der Waals surface area (Å²) in [7, 11) is 1.30. The first-order chi connectivity index (χ1) is 13.5. The molecule has 2 amide bonds. The number of rotatable bonds is 6. The molecule has 0 spiro atoms. The van der Waals surface area contributed by atoms with Crippen molar-refractivity contribution < 1.29 is 19.1 Å². The number of benzene rings is 2. The van der Waals surface area contributed by atoms with Crippen molar-refractivity contribution in [1.82, 2.24) is 0 Å². The summed E-state index contributed by atoms with van der Waals surface area (Å²) in [6.45, 7) is 2.12. The lowest BCUT2D eigenvalue weighted by Gasteiger charge is -2.17. The number of hydrogen-bond acceptors (Lipinski definition) is 5. The van der Waals surface area contributed by atoms with Gasteiger partial charge in [-0.3, -0.25) is 9.59 Å². The maximum atomic E-state index is 12.1. The summed E-state index contributed by atoms with van der Waals surface area (Å²) in [6.07, 6.45) is 2.12. The summed E-state index contributed by atoms with van der Waals surface area (Å²) in [5.74, 6) is -1.28. The molecule has 1 aliphatic heterocycles. The number of hydrogen-bond donors (Lipinski definition) is 2. The van der Waals surface area contributed by atoms with Gasteiger partial charge in [-0.15, -0.1) is 0 Å². The minimum Gasteiger partial charge on any atom is -0.465 e. The van der Waals surface area contributed by atoms with E-state index < -0.39 is 17.8 Å². The number of esters is 1. The van der Waals surface area contributed by atoms with Crippen LogP contribution in [0.2, 0.25) is 0 Å². The Balaban J connectivity index is 1.48. The molecule has 2 aromatic carbocycles. The fourth-order valence-corrected chi connectivity index (χ4v) is 3.09. The summed E-state index contributed by atoms with van der Waals surface area (Å²) < 4.78 is 4.62. The van der Waals surface area contributed by atoms with E-state index in [4.69, 9.17) is 0 Å². The first-order valence-electron chi connectivity index (χ1n) is 9.18. The molecule has 0 unspecified atom stereocenters. The van der Waals surface area contributed by atoms with Gasteiger partial charge in [-0.1, -0.05) is 0 Å². The van der Waals surface area contributed by atoms with E-state index >= 15 is 0 Å². The van der Waals surface area contributed by atoms with Crippen molar-refractivity contribution in [2.75, 3.05) is 35.7 Å². The highest BCUT2D eigenvalue weighted by molar-refractivity contribution is 6.08. The van der Waals surface area contributed by atoms with Crippen LogP contribution in [0.3, 0.4) is 0 Å². The number of anilines is 3. The van der Waals surface area contributed by atoms with Crippen LogP contribution in [-0.4, -0.2) is 38.0 Å². The van der Waals surface area contributed by atoms with Gasteiger partial charge in [0.2, 0.25) is 11.8 Å². The molecule has 0 radical (unpaired) electrons. The zero-order valence-electron chi connectivity index (χ0n) is 15.7. The molecule has 7 heteroatoms. The molecule has 28 heavy (non-hydrogen) atoms. The quantitative estimate of drug-likeness (QED) is 0.593. The van der Waals surface area contributed by atoms with Gasteiger partial charge in [-0.05, 0) is 61.4 Å². The maximum Gasteiger partial charge on any atom is 0.337 e. The van der Waals surface area contributed by atoms with Crippen LogP contribution in [0.15, 0.2) is 48.5 Å². The molecule has 7 nitrogen and oxygen atoms in total. The molecule has 3 rings (SSSR count). The monoisotopic (exact) mass is 381 g/mol. The number of nitrogens with zero attached hydrogens (tertiary/aromatic N) is 1. The molecular weight excluding hydrogens is 358 g/mol. The molecule has 0 aliphatic carbocycles. The minimum absolute atomic E-state index is 0.299. The van der Waals surface area contributed by atoms with Gasteiger partial charge in [0.1, 0.15) is 6.42 Å². The highest BCUT2D eigenvalue weighted by Gasteiger charge is 2.13. The summed E-state index contributed by atoms with van der Waals surface area (Å²) in [5, 5.41) is 5.36. The Bertz CT molecular complexity index is 841. The van der Waals surface area contributed by atoms with Crippen LogP contribution in [0.5, 0.6) is 0 Å². The lowest BCUT2D eigenvalue weighted by molar-refractivity contribution is -0.123. The molecule has 1 saturated heterocycles. The van der Waals surface area contributed by atoms with E-state index in [-0.39, 0.29) is 6.42 Å². The van der Waals surface area contributed by atoms with Crippen LogP contribution < -0.4 is 15.5 Å². The second-order valence-electron chi connectivity index (χ2n) is 6.58. The van der Waals surface area contributed by atoms with E-state index in [2.05, 4.69) is 20.3 Å². The Morgan fingerprint density at radius 3 is 1.86 bits per heavy atom. The summed E-state index contributed by atoms with van der Waals surface area (Å²) in [4.78, 5) is 37.8. The lowest BCUT2D eigenvalue weighted by atomic mass is 10.2. The number of ether oxygens (including phenoxy) is 1. The average molecular weight is 381 g/mol. The van der Waals surface area contributed by atoms with Crippen molar-refractivity contribution in [3.63, 3.8) is 0 Å². The molecular formula is C21H23N3O4. The van der Waals surface area contributed by atoms with E-state index in [1.54, 1.807) is 24.3 Å². The normalized spacial score (nSPS) is 13.1. The van der Waals surface area contributed by atoms with E-state index in [1.165, 1.54) is 20.0 Å². The summed E-state index contributed by atoms with van der Waals surface area (Å²) in [6, 6.07) is 13.9. The van der Waals surface area contributed by atoms with Gasteiger partial charge in [0.05, 0.1) is 12.7 Å². The van der Waals surface area contributed by atoms with Gasteiger partial charge in [0.15, 0.2) is 0 Å². The second kappa shape index (κ2) is 9.03. The third-order valence-electron chi connectivity index (χ3n) is 4.53. The Kier molecular flexibility index (Phi) is 6.26. The van der Waals surface area contributed by atoms with Gasteiger partial charge in [-0.2, -0.15) is 0 Å².